The van der Waals surface area contributed by atoms with Gasteiger partial charge < -0.3 is 0 Å². The highest BCUT2D eigenvalue weighted by Gasteiger charge is 2.13. The predicted molar refractivity (Wildman–Crippen MR) is 67.0 cm³/mol. The molecule has 1 heterocycles. The first-order valence-corrected chi connectivity index (χ1v) is 6.05. The fourth-order valence-electron chi connectivity index (χ4n) is 1.71. The number of Topliss-reactive ketones (excluding diaryl/α,β-unsaturated/α-hetero) is 1. The Labute approximate surface area is 103 Å². The lowest BCUT2D eigenvalue weighted by Crippen LogP contribution is -1.89. The molecule has 0 N–H and O–H groups in total. The number of aryl methyl sites for hydroxylation is 2. The Balaban J connectivity index is 2.53. The van der Waals surface area contributed by atoms with Crippen LogP contribution < -0.4 is 0 Å². The van der Waals surface area contributed by atoms with E-state index in [4.69, 9.17) is 0 Å². The van der Waals surface area contributed by atoms with Crippen LogP contribution >= 0.6 is 11.3 Å². The number of nitrogens with zero attached hydrogens (tertiary/aromatic N) is 1. The third-order valence-corrected chi connectivity index (χ3v) is 3.71. The molecular weight excluding hydrogens is 237 g/mol. The summed E-state index contributed by atoms with van der Waals surface area (Å²) in [5.41, 5.74) is 2.28. The minimum atomic E-state index is -0.280. The maximum absolute atomic E-state index is 13.3. The first-order chi connectivity index (χ1) is 7.97. The zero-order valence-corrected chi connectivity index (χ0v) is 10.7. The number of ketones is 1. The van der Waals surface area contributed by atoms with E-state index in [2.05, 4.69) is 4.98 Å². The lowest BCUT2D eigenvalue weighted by atomic mass is 10.1. The van der Waals surface area contributed by atoms with Crippen molar-refractivity contribution in [1.82, 2.24) is 4.98 Å². The molecule has 2 aromatic rings. The molecule has 0 atom stereocenters. The summed E-state index contributed by atoms with van der Waals surface area (Å²) in [7, 11) is 0. The highest BCUT2D eigenvalue weighted by molar-refractivity contribution is 7.17. The van der Waals surface area contributed by atoms with Gasteiger partial charge in [-0.15, -0.1) is 11.3 Å². The molecule has 88 valence electrons. The smallest absolute Gasteiger partial charge is 0.171 e. The molecule has 17 heavy (non-hydrogen) atoms. The van der Waals surface area contributed by atoms with E-state index in [1.165, 1.54) is 30.4 Å². The van der Waals surface area contributed by atoms with Crippen molar-refractivity contribution in [3.05, 3.63) is 40.2 Å². The molecule has 0 spiro atoms. The van der Waals surface area contributed by atoms with Crippen LogP contribution in [0.2, 0.25) is 0 Å². The van der Waals surface area contributed by atoms with Crippen molar-refractivity contribution in [3.63, 3.8) is 0 Å². The van der Waals surface area contributed by atoms with E-state index in [-0.39, 0.29) is 11.6 Å². The van der Waals surface area contributed by atoms with E-state index in [9.17, 15) is 9.18 Å². The Morgan fingerprint density at radius 3 is 2.53 bits per heavy atom. The second kappa shape index (κ2) is 4.37. The van der Waals surface area contributed by atoms with E-state index >= 15 is 0 Å². The van der Waals surface area contributed by atoms with Crippen molar-refractivity contribution >= 4 is 17.1 Å². The van der Waals surface area contributed by atoms with Crippen molar-refractivity contribution in [2.45, 2.75) is 20.8 Å². The number of carbonyl (C=O) groups excluding carboxylic acids is 1. The summed E-state index contributed by atoms with van der Waals surface area (Å²) in [4.78, 5) is 16.3. The Morgan fingerprint density at radius 1 is 1.29 bits per heavy atom. The highest BCUT2D eigenvalue weighted by Crippen LogP contribution is 2.29. The number of thiazole rings is 1. The molecule has 0 amide bonds. The largest absolute Gasteiger partial charge is 0.294 e. The van der Waals surface area contributed by atoms with Crippen LogP contribution in [0.5, 0.6) is 0 Å². The van der Waals surface area contributed by atoms with Crippen molar-refractivity contribution in [3.8, 4) is 10.6 Å². The first-order valence-electron chi connectivity index (χ1n) is 5.23. The fraction of sp³-hybridized carbons (Fsp3) is 0.231. The molecule has 0 radical (unpaired) electrons. The number of rotatable bonds is 2. The molecular formula is C13H12FNOS. The second-order valence-corrected chi connectivity index (χ2v) is 5.01. The van der Waals surface area contributed by atoms with Crippen LogP contribution in [0.15, 0.2) is 18.2 Å². The van der Waals surface area contributed by atoms with Crippen molar-refractivity contribution in [2.24, 2.45) is 0 Å². The quantitative estimate of drug-likeness (QED) is 0.758. The molecule has 1 aromatic carbocycles. The molecule has 0 saturated carbocycles. The number of benzene rings is 1. The number of aromatic nitrogens is 1. The van der Waals surface area contributed by atoms with Crippen molar-refractivity contribution < 1.29 is 9.18 Å². The maximum atomic E-state index is 13.3. The average Bonchev–Trinajstić information content (AvgIpc) is 2.59. The molecule has 0 aliphatic heterocycles. The van der Waals surface area contributed by atoms with Crippen LogP contribution in [0.4, 0.5) is 4.39 Å². The van der Waals surface area contributed by atoms with Crippen LogP contribution in [0.3, 0.4) is 0 Å². The summed E-state index contributed by atoms with van der Waals surface area (Å²) in [5.74, 6) is -0.281. The summed E-state index contributed by atoms with van der Waals surface area (Å²) < 4.78 is 13.3. The van der Waals surface area contributed by atoms with Gasteiger partial charge in [0.2, 0.25) is 0 Å². The second-order valence-electron chi connectivity index (χ2n) is 4.01. The van der Waals surface area contributed by atoms with Gasteiger partial charge in [0.05, 0.1) is 10.6 Å². The van der Waals surface area contributed by atoms with Gasteiger partial charge in [0.25, 0.3) is 0 Å². The lowest BCUT2D eigenvalue weighted by molar-refractivity contribution is 0.102. The number of halogens is 1. The highest BCUT2D eigenvalue weighted by atomic mass is 32.1. The predicted octanol–water partition coefficient (Wildman–Crippen LogP) is 3.77. The standard InChI is InChI=1S/C13H12FNOS/c1-7-4-10(6-11(14)5-7)13-15-8(2)12(17-13)9(3)16/h4-6H,1-3H3. The topological polar surface area (TPSA) is 30.0 Å². The van der Waals surface area contributed by atoms with Gasteiger partial charge in [0.1, 0.15) is 10.8 Å². The van der Waals surface area contributed by atoms with Gasteiger partial charge >= 0.3 is 0 Å². The van der Waals surface area contributed by atoms with Crippen LogP contribution in [0, 0.1) is 19.7 Å². The van der Waals surface area contributed by atoms with Crippen molar-refractivity contribution in [1.29, 1.82) is 0 Å². The van der Waals surface area contributed by atoms with Gasteiger partial charge in [-0.3, -0.25) is 4.79 Å². The monoisotopic (exact) mass is 249 g/mol. The Bertz CT molecular complexity index is 569. The number of hydrogen-bond acceptors (Lipinski definition) is 3. The third kappa shape index (κ3) is 2.42. The molecule has 2 nitrogen and oxygen atoms in total. The van der Waals surface area contributed by atoms with E-state index in [1.54, 1.807) is 6.92 Å². The van der Waals surface area contributed by atoms with Crippen LogP contribution in [-0.2, 0) is 0 Å². The van der Waals surface area contributed by atoms with Gasteiger partial charge in [-0.05, 0) is 37.6 Å². The average molecular weight is 249 g/mol. The molecule has 0 fully saturated rings. The Hall–Kier alpha value is -1.55. The Morgan fingerprint density at radius 2 is 2.00 bits per heavy atom. The van der Waals surface area contributed by atoms with Gasteiger partial charge in [-0.1, -0.05) is 0 Å². The minimum Gasteiger partial charge on any atom is -0.294 e. The molecule has 0 aliphatic carbocycles. The van der Waals surface area contributed by atoms with E-state index < -0.39 is 0 Å². The van der Waals surface area contributed by atoms with Crippen LogP contribution in [0.1, 0.15) is 27.9 Å². The summed E-state index contributed by atoms with van der Waals surface area (Å²) in [6.45, 7) is 5.14. The third-order valence-electron chi connectivity index (χ3n) is 2.41. The molecule has 0 bridgehead atoms. The van der Waals surface area contributed by atoms with Gasteiger partial charge in [-0.25, -0.2) is 9.37 Å². The van der Waals surface area contributed by atoms with Gasteiger partial charge in [0, 0.05) is 12.5 Å². The molecule has 0 aliphatic rings. The molecule has 4 heteroatoms. The zero-order chi connectivity index (χ0) is 12.6. The lowest BCUT2D eigenvalue weighted by Gasteiger charge is -1.99. The Kier molecular flexibility index (Phi) is 3.07. The fourth-order valence-corrected chi connectivity index (χ4v) is 2.66. The molecule has 0 unspecified atom stereocenters. The minimum absolute atomic E-state index is 0.000579. The zero-order valence-electron chi connectivity index (χ0n) is 9.87. The summed E-state index contributed by atoms with van der Waals surface area (Å²) in [5, 5.41) is 0.690. The summed E-state index contributed by atoms with van der Waals surface area (Å²) in [6, 6.07) is 4.77. The van der Waals surface area contributed by atoms with E-state index in [1.807, 2.05) is 13.0 Å². The molecule has 0 saturated heterocycles. The van der Waals surface area contributed by atoms with E-state index in [0.29, 0.717) is 15.6 Å². The maximum Gasteiger partial charge on any atom is 0.171 e. The summed E-state index contributed by atoms with van der Waals surface area (Å²) in [6.07, 6.45) is 0. The van der Waals surface area contributed by atoms with Crippen molar-refractivity contribution in [2.75, 3.05) is 0 Å². The molecule has 2 rings (SSSR count). The van der Waals surface area contributed by atoms with Gasteiger partial charge in [0.15, 0.2) is 5.78 Å². The molecule has 1 aromatic heterocycles. The number of hydrogen-bond donors (Lipinski definition) is 0. The number of carbonyl (C=O) groups is 1. The normalized spacial score (nSPS) is 10.6. The van der Waals surface area contributed by atoms with Crippen LogP contribution in [-0.4, -0.2) is 10.8 Å². The first kappa shape index (κ1) is 11.9. The summed E-state index contributed by atoms with van der Waals surface area (Å²) >= 11 is 1.31. The van der Waals surface area contributed by atoms with E-state index in [0.717, 1.165) is 11.1 Å². The van der Waals surface area contributed by atoms with Gasteiger partial charge in [-0.2, -0.15) is 0 Å². The van der Waals surface area contributed by atoms with Crippen LogP contribution in [0.25, 0.3) is 10.6 Å². The SMILES string of the molecule is CC(=O)c1sc(-c2cc(C)cc(F)c2)nc1C.